The molecule has 1 aromatic carbocycles. The Morgan fingerprint density at radius 3 is 2.58 bits per heavy atom. The normalized spacial score (nSPS) is 16.6. The molecule has 100 valence electrons. The zero-order valence-corrected chi connectivity index (χ0v) is 11.0. The van der Waals surface area contributed by atoms with Gasteiger partial charge in [0.2, 0.25) is 0 Å². The van der Waals surface area contributed by atoms with Crippen LogP contribution in [0.15, 0.2) is 42.7 Å². The lowest BCUT2D eigenvalue weighted by Crippen LogP contribution is -2.38. The third-order valence-corrected chi connectivity index (χ3v) is 3.49. The predicted molar refractivity (Wildman–Crippen MR) is 74.9 cm³/mol. The van der Waals surface area contributed by atoms with Gasteiger partial charge >= 0.3 is 0 Å². The quantitative estimate of drug-likeness (QED) is 0.838. The van der Waals surface area contributed by atoms with Gasteiger partial charge in [0.05, 0.1) is 26.0 Å². The third kappa shape index (κ3) is 3.22. The second-order valence-electron chi connectivity index (χ2n) is 4.81. The van der Waals surface area contributed by atoms with E-state index in [9.17, 15) is 0 Å². The molecule has 0 aliphatic carbocycles. The molecule has 0 amide bonds. The third-order valence-electron chi connectivity index (χ3n) is 3.49. The fourth-order valence-electron chi connectivity index (χ4n) is 2.33. The van der Waals surface area contributed by atoms with Crippen LogP contribution < -0.4 is 0 Å². The lowest BCUT2D eigenvalue weighted by atomic mass is 10.1. The van der Waals surface area contributed by atoms with Crippen LogP contribution in [0.25, 0.3) is 11.1 Å². The molecule has 0 bridgehead atoms. The van der Waals surface area contributed by atoms with Crippen molar-refractivity contribution in [3.05, 3.63) is 42.7 Å². The van der Waals surface area contributed by atoms with Gasteiger partial charge < -0.3 is 4.74 Å². The highest BCUT2D eigenvalue weighted by molar-refractivity contribution is 5.61. The van der Waals surface area contributed by atoms with Gasteiger partial charge in [-0.15, -0.1) is 0 Å². The molecule has 2 heterocycles. The van der Waals surface area contributed by atoms with E-state index in [0.29, 0.717) is 0 Å². The van der Waals surface area contributed by atoms with Crippen molar-refractivity contribution in [1.82, 2.24) is 14.7 Å². The number of hydrogen-bond donors (Lipinski definition) is 0. The van der Waals surface area contributed by atoms with E-state index in [0.717, 1.165) is 39.4 Å². The van der Waals surface area contributed by atoms with Gasteiger partial charge in [-0.2, -0.15) is 5.10 Å². The maximum Gasteiger partial charge on any atom is 0.0594 e. The Morgan fingerprint density at radius 1 is 1.00 bits per heavy atom. The monoisotopic (exact) mass is 257 g/mol. The summed E-state index contributed by atoms with van der Waals surface area (Å²) in [6.07, 6.45) is 4.06. The van der Waals surface area contributed by atoms with E-state index in [1.165, 1.54) is 11.1 Å². The van der Waals surface area contributed by atoms with Gasteiger partial charge in [-0.1, -0.05) is 30.3 Å². The number of benzene rings is 1. The molecular formula is C15H19N3O. The van der Waals surface area contributed by atoms with Gasteiger partial charge in [-0.05, 0) is 5.56 Å². The first-order valence-electron chi connectivity index (χ1n) is 6.80. The van der Waals surface area contributed by atoms with Crippen molar-refractivity contribution >= 4 is 0 Å². The number of hydrogen-bond acceptors (Lipinski definition) is 3. The van der Waals surface area contributed by atoms with E-state index in [1.807, 2.05) is 16.9 Å². The average Bonchev–Trinajstić information content (AvgIpc) is 2.96. The molecule has 4 heteroatoms. The first-order valence-corrected chi connectivity index (χ1v) is 6.80. The Morgan fingerprint density at radius 2 is 1.79 bits per heavy atom. The first-order chi connectivity index (χ1) is 9.42. The molecule has 0 N–H and O–H groups in total. The molecule has 0 atom stereocenters. The molecular weight excluding hydrogens is 238 g/mol. The lowest BCUT2D eigenvalue weighted by Gasteiger charge is -2.26. The highest BCUT2D eigenvalue weighted by atomic mass is 16.5. The van der Waals surface area contributed by atoms with Gasteiger partial charge in [0, 0.05) is 31.4 Å². The highest BCUT2D eigenvalue weighted by Crippen LogP contribution is 2.17. The van der Waals surface area contributed by atoms with E-state index in [-0.39, 0.29) is 0 Å². The molecule has 3 rings (SSSR count). The summed E-state index contributed by atoms with van der Waals surface area (Å²) in [5.74, 6) is 0. The van der Waals surface area contributed by atoms with Gasteiger partial charge in [0.25, 0.3) is 0 Å². The summed E-state index contributed by atoms with van der Waals surface area (Å²) in [5, 5.41) is 4.44. The fraction of sp³-hybridized carbons (Fsp3) is 0.400. The van der Waals surface area contributed by atoms with Crippen molar-refractivity contribution in [3.63, 3.8) is 0 Å². The van der Waals surface area contributed by atoms with Crippen molar-refractivity contribution in [2.24, 2.45) is 0 Å². The van der Waals surface area contributed by atoms with Crippen molar-refractivity contribution in [2.45, 2.75) is 6.54 Å². The van der Waals surface area contributed by atoms with Crippen LogP contribution in [-0.2, 0) is 11.3 Å². The molecule has 0 unspecified atom stereocenters. The molecule has 1 aliphatic heterocycles. The molecule has 0 spiro atoms. The maximum absolute atomic E-state index is 5.35. The molecule has 0 saturated carbocycles. The number of ether oxygens (including phenoxy) is 1. The number of nitrogens with zero attached hydrogens (tertiary/aromatic N) is 3. The van der Waals surface area contributed by atoms with Crippen molar-refractivity contribution in [1.29, 1.82) is 0 Å². The van der Waals surface area contributed by atoms with Crippen LogP contribution in [0.5, 0.6) is 0 Å². The van der Waals surface area contributed by atoms with Crippen LogP contribution in [0, 0.1) is 0 Å². The van der Waals surface area contributed by atoms with Crippen LogP contribution in [-0.4, -0.2) is 47.5 Å². The predicted octanol–water partition coefficient (Wildman–Crippen LogP) is 1.88. The van der Waals surface area contributed by atoms with Crippen LogP contribution in [0.1, 0.15) is 0 Å². The Bertz CT molecular complexity index is 503. The number of aromatic nitrogens is 2. The Labute approximate surface area is 113 Å². The van der Waals surface area contributed by atoms with E-state index in [1.54, 1.807) is 0 Å². The van der Waals surface area contributed by atoms with E-state index >= 15 is 0 Å². The van der Waals surface area contributed by atoms with Gasteiger partial charge in [0.1, 0.15) is 0 Å². The van der Waals surface area contributed by atoms with Crippen molar-refractivity contribution in [2.75, 3.05) is 32.8 Å². The van der Waals surface area contributed by atoms with Crippen LogP contribution in [0.2, 0.25) is 0 Å². The molecule has 4 nitrogen and oxygen atoms in total. The molecule has 1 fully saturated rings. The summed E-state index contributed by atoms with van der Waals surface area (Å²) in [4.78, 5) is 2.42. The first kappa shape index (κ1) is 12.4. The highest BCUT2D eigenvalue weighted by Gasteiger charge is 2.10. The van der Waals surface area contributed by atoms with Gasteiger partial charge in [0.15, 0.2) is 0 Å². The van der Waals surface area contributed by atoms with Crippen molar-refractivity contribution < 1.29 is 4.74 Å². The molecule has 2 aromatic rings. The van der Waals surface area contributed by atoms with E-state index < -0.39 is 0 Å². The average molecular weight is 257 g/mol. The topological polar surface area (TPSA) is 30.3 Å². The summed E-state index contributed by atoms with van der Waals surface area (Å²) in [6, 6.07) is 10.4. The minimum absolute atomic E-state index is 0.856. The summed E-state index contributed by atoms with van der Waals surface area (Å²) >= 11 is 0. The smallest absolute Gasteiger partial charge is 0.0594 e. The molecule has 1 aliphatic rings. The standard InChI is InChI=1S/C15H19N3O/c1-2-4-14(5-3-1)15-12-16-18(13-15)7-6-17-8-10-19-11-9-17/h1-5,12-13H,6-11H2. The summed E-state index contributed by atoms with van der Waals surface area (Å²) in [6.45, 7) is 5.76. The lowest BCUT2D eigenvalue weighted by molar-refractivity contribution is 0.0360. The van der Waals surface area contributed by atoms with Gasteiger partial charge in [-0.25, -0.2) is 0 Å². The number of rotatable bonds is 4. The summed E-state index contributed by atoms with van der Waals surface area (Å²) < 4.78 is 7.38. The van der Waals surface area contributed by atoms with Crippen LogP contribution in [0.4, 0.5) is 0 Å². The van der Waals surface area contributed by atoms with E-state index in [4.69, 9.17) is 4.74 Å². The van der Waals surface area contributed by atoms with Crippen LogP contribution in [0.3, 0.4) is 0 Å². The zero-order valence-electron chi connectivity index (χ0n) is 11.0. The second kappa shape index (κ2) is 5.99. The van der Waals surface area contributed by atoms with Crippen LogP contribution >= 0.6 is 0 Å². The Hall–Kier alpha value is -1.65. The molecule has 19 heavy (non-hydrogen) atoms. The second-order valence-corrected chi connectivity index (χ2v) is 4.81. The fourth-order valence-corrected chi connectivity index (χ4v) is 2.33. The summed E-state index contributed by atoms with van der Waals surface area (Å²) in [5.41, 5.74) is 2.41. The summed E-state index contributed by atoms with van der Waals surface area (Å²) in [7, 11) is 0. The molecule has 1 aromatic heterocycles. The molecule has 0 radical (unpaired) electrons. The minimum atomic E-state index is 0.856. The SMILES string of the molecule is c1ccc(-c2cnn(CCN3CCOCC3)c2)cc1. The number of morpholine rings is 1. The Balaban J connectivity index is 1.59. The zero-order chi connectivity index (χ0) is 12.9. The molecule has 1 saturated heterocycles. The maximum atomic E-state index is 5.35. The minimum Gasteiger partial charge on any atom is -0.379 e. The Kier molecular flexibility index (Phi) is 3.91. The van der Waals surface area contributed by atoms with Crippen molar-refractivity contribution in [3.8, 4) is 11.1 Å². The van der Waals surface area contributed by atoms with E-state index in [2.05, 4.69) is 40.5 Å². The largest absolute Gasteiger partial charge is 0.379 e. The van der Waals surface area contributed by atoms with Gasteiger partial charge in [-0.3, -0.25) is 9.58 Å².